The Morgan fingerprint density at radius 2 is 1.70 bits per heavy atom. The largest absolute Gasteiger partial charge is 0.389 e. The monoisotopic (exact) mass is 444 g/mol. The van der Waals surface area contributed by atoms with Gasteiger partial charge in [0, 0.05) is 37.9 Å². The van der Waals surface area contributed by atoms with E-state index in [4.69, 9.17) is 4.74 Å². The summed E-state index contributed by atoms with van der Waals surface area (Å²) in [5, 5.41) is 10.8. The Morgan fingerprint density at radius 3 is 2.42 bits per heavy atom. The maximum atomic E-state index is 10.8. The van der Waals surface area contributed by atoms with Crippen molar-refractivity contribution in [1.82, 2.24) is 4.90 Å². The second kappa shape index (κ2) is 11.0. The van der Waals surface area contributed by atoms with Gasteiger partial charge in [0.2, 0.25) is 0 Å². The number of rotatable bonds is 8. The first-order valence-corrected chi connectivity index (χ1v) is 12.0. The number of hydrogen-bond donors (Lipinski definition) is 1. The fraction of sp³-hybridized carbons (Fsp3) is 0.379. The molecule has 1 aliphatic heterocycles. The third-order valence-corrected chi connectivity index (χ3v) is 6.54. The molecule has 33 heavy (non-hydrogen) atoms. The van der Waals surface area contributed by atoms with Gasteiger partial charge in [-0.1, -0.05) is 66.7 Å². The summed E-state index contributed by atoms with van der Waals surface area (Å²) in [5.41, 5.74) is 6.03. The minimum Gasteiger partial charge on any atom is -0.389 e. The van der Waals surface area contributed by atoms with Gasteiger partial charge in [0.15, 0.2) is 0 Å². The zero-order valence-corrected chi connectivity index (χ0v) is 20.0. The van der Waals surface area contributed by atoms with Crippen LogP contribution in [-0.4, -0.2) is 54.9 Å². The number of aliphatic hydroxyl groups is 1. The van der Waals surface area contributed by atoms with Gasteiger partial charge in [0.1, 0.15) is 6.10 Å². The summed E-state index contributed by atoms with van der Waals surface area (Å²) in [4.78, 5) is 4.83. The van der Waals surface area contributed by atoms with Crippen LogP contribution in [0, 0.1) is 13.8 Å². The molecule has 1 heterocycles. The number of ether oxygens (including phenoxy) is 1. The summed E-state index contributed by atoms with van der Waals surface area (Å²) in [6.45, 7) is 10.3. The third kappa shape index (κ3) is 6.02. The lowest BCUT2D eigenvalue weighted by Gasteiger charge is -2.42. The van der Waals surface area contributed by atoms with Gasteiger partial charge >= 0.3 is 0 Å². The number of hydrogen-bond acceptors (Lipinski definition) is 4. The Labute approximate surface area is 198 Å². The van der Waals surface area contributed by atoms with Crippen LogP contribution in [0.3, 0.4) is 0 Å². The van der Waals surface area contributed by atoms with Crippen molar-refractivity contribution in [3.05, 3.63) is 101 Å². The van der Waals surface area contributed by atoms with E-state index < -0.39 is 6.10 Å². The van der Waals surface area contributed by atoms with Gasteiger partial charge in [0.05, 0.1) is 12.7 Å². The van der Waals surface area contributed by atoms with Crippen molar-refractivity contribution < 1.29 is 9.84 Å². The van der Waals surface area contributed by atoms with Gasteiger partial charge in [-0.2, -0.15) is 0 Å². The van der Waals surface area contributed by atoms with Gasteiger partial charge < -0.3 is 14.7 Å². The summed E-state index contributed by atoms with van der Waals surface area (Å²) in [7, 11) is 0. The molecule has 1 N–H and O–H groups in total. The number of aryl methyl sites for hydroxylation is 2. The van der Waals surface area contributed by atoms with Crippen LogP contribution in [0.25, 0.3) is 0 Å². The number of piperazine rings is 1. The predicted molar refractivity (Wildman–Crippen MR) is 136 cm³/mol. The van der Waals surface area contributed by atoms with Crippen molar-refractivity contribution in [3.63, 3.8) is 0 Å². The molecular formula is C29H36N2O2. The Balaban J connectivity index is 1.35. The van der Waals surface area contributed by atoms with Gasteiger partial charge in [-0.15, -0.1) is 0 Å². The molecule has 3 atom stereocenters. The maximum absolute atomic E-state index is 10.8. The molecule has 0 aliphatic carbocycles. The van der Waals surface area contributed by atoms with Crippen molar-refractivity contribution in [1.29, 1.82) is 0 Å². The smallest absolute Gasteiger partial charge is 0.108 e. The standard InChI is InChI=1S/C29H36N2O2/c1-22-10-9-14-26(18-22)31-17-16-30(19-24(31)3)20-27(32)21-33-29(25-12-5-4-6-13-25)28-15-8-7-11-23(28)2/h4-15,18,24,27,29,32H,16-17,19-21H2,1-3H3/t24-,27+,29+/m1/s1. The molecule has 3 aromatic carbocycles. The van der Waals surface area contributed by atoms with E-state index in [1.165, 1.54) is 16.8 Å². The van der Waals surface area contributed by atoms with Gasteiger partial charge in [-0.3, -0.25) is 4.90 Å². The van der Waals surface area contributed by atoms with E-state index >= 15 is 0 Å². The van der Waals surface area contributed by atoms with E-state index in [1.54, 1.807) is 0 Å². The van der Waals surface area contributed by atoms with Gasteiger partial charge in [-0.05, 0) is 55.2 Å². The van der Waals surface area contributed by atoms with E-state index in [0.29, 0.717) is 19.2 Å². The fourth-order valence-corrected chi connectivity index (χ4v) is 4.82. The average Bonchev–Trinajstić information content (AvgIpc) is 2.81. The van der Waals surface area contributed by atoms with Gasteiger partial charge in [0.25, 0.3) is 0 Å². The van der Waals surface area contributed by atoms with Crippen molar-refractivity contribution in [2.75, 3.05) is 37.7 Å². The molecule has 0 saturated carbocycles. The Kier molecular flexibility index (Phi) is 7.81. The van der Waals surface area contributed by atoms with Crippen molar-refractivity contribution >= 4 is 5.69 Å². The van der Waals surface area contributed by atoms with Crippen molar-refractivity contribution in [2.45, 2.75) is 39.0 Å². The number of aliphatic hydroxyl groups excluding tert-OH is 1. The molecule has 0 amide bonds. The highest BCUT2D eigenvalue weighted by atomic mass is 16.5. The topological polar surface area (TPSA) is 35.9 Å². The zero-order chi connectivity index (χ0) is 23.2. The average molecular weight is 445 g/mol. The first-order valence-electron chi connectivity index (χ1n) is 12.0. The molecule has 3 aromatic rings. The number of β-amino-alcohol motifs (C(OH)–C–C–N with tert-alkyl or cyclic N) is 1. The van der Waals surface area contributed by atoms with Crippen LogP contribution in [0.4, 0.5) is 5.69 Å². The SMILES string of the molecule is Cc1cccc(N2CCN(C[C@H](O)CO[C@@H](c3ccccc3)c3ccccc3C)C[C@H]2C)c1. The number of benzene rings is 3. The van der Waals surface area contributed by atoms with E-state index in [0.717, 1.165) is 30.8 Å². The van der Waals surface area contributed by atoms with E-state index in [-0.39, 0.29) is 6.10 Å². The highest BCUT2D eigenvalue weighted by Gasteiger charge is 2.26. The highest BCUT2D eigenvalue weighted by Crippen LogP contribution is 2.29. The fourth-order valence-electron chi connectivity index (χ4n) is 4.82. The van der Waals surface area contributed by atoms with E-state index in [9.17, 15) is 5.11 Å². The highest BCUT2D eigenvalue weighted by molar-refractivity contribution is 5.49. The molecule has 4 heteroatoms. The van der Waals surface area contributed by atoms with Crippen LogP contribution in [0.1, 0.15) is 35.3 Å². The van der Waals surface area contributed by atoms with Gasteiger partial charge in [-0.25, -0.2) is 0 Å². The van der Waals surface area contributed by atoms with Crippen LogP contribution in [0.5, 0.6) is 0 Å². The van der Waals surface area contributed by atoms with E-state index in [1.807, 2.05) is 30.3 Å². The number of anilines is 1. The Morgan fingerprint density at radius 1 is 0.939 bits per heavy atom. The quantitative estimate of drug-likeness (QED) is 0.532. The molecule has 4 rings (SSSR count). The first-order chi connectivity index (χ1) is 16.0. The normalized spacial score (nSPS) is 18.8. The van der Waals surface area contributed by atoms with Crippen LogP contribution >= 0.6 is 0 Å². The summed E-state index contributed by atoms with van der Waals surface area (Å²) in [6, 6.07) is 27.7. The minimum atomic E-state index is -0.530. The maximum Gasteiger partial charge on any atom is 0.108 e. The molecule has 1 aliphatic rings. The Hall–Kier alpha value is -2.66. The summed E-state index contributed by atoms with van der Waals surface area (Å²) in [6.07, 6.45) is -0.711. The predicted octanol–water partition coefficient (Wildman–Crippen LogP) is 4.98. The second-order valence-corrected chi connectivity index (χ2v) is 9.28. The Bertz CT molecular complexity index is 1020. The van der Waals surface area contributed by atoms with Crippen LogP contribution in [0.15, 0.2) is 78.9 Å². The minimum absolute atomic E-state index is 0.181. The summed E-state index contributed by atoms with van der Waals surface area (Å²) >= 11 is 0. The molecular weight excluding hydrogens is 408 g/mol. The molecule has 0 spiro atoms. The lowest BCUT2D eigenvalue weighted by molar-refractivity contribution is -0.0104. The summed E-state index contributed by atoms with van der Waals surface area (Å²) < 4.78 is 6.34. The molecule has 0 radical (unpaired) electrons. The molecule has 0 bridgehead atoms. The number of nitrogens with zero attached hydrogens (tertiary/aromatic N) is 2. The molecule has 4 nitrogen and oxygen atoms in total. The molecule has 1 fully saturated rings. The summed E-state index contributed by atoms with van der Waals surface area (Å²) in [5.74, 6) is 0. The second-order valence-electron chi connectivity index (χ2n) is 9.28. The van der Waals surface area contributed by atoms with Crippen molar-refractivity contribution in [2.24, 2.45) is 0 Å². The first kappa shape index (κ1) is 23.5. The lowest BCUT2D eigenvalue weighted by atomic mass is 9.97. The third-order valence-electron chi connectivity index (χ3n) is 6.54. The zero-order valence-electron chi connectivity index (χ0n) is 20.0. The molecule has 0 unspecified atom stereocenters. The molecule has 0 aromatic heterocycles. The van der Waals surface area contributed by atoms with Crippen LogP contribution in [0.2, 0.25) is 0 Å². The molecule has 174 valence electrons. The van der Waals surface area contributed by atoms with E-state index in [2.05, 4.69) is 79.1 Å². The van der Waals surface area contributed by atoms with Crippen LogP contribution < -0.4 is 4.90 Å². The lowest BCUT2D eigenvalue weighted by Crippen LogP contribution is -2.53. The molecule has 1 saturated heterocycles. The van der Waals surface area contributed by atoms with Crippen LogP contribution in [-0.2, 0) is 4.74 Å². The van der Waals surface area contributed by atoms with Crippen molar-refractivity contribution in [3.8, 4) is 0 Å².